The van der Waals surface area contributed by atoms with Crippen LogP contribution in [-0.4, -0.2) is 21.1 Å². The Kier molecular flexibility index (Phi) is 4.03. The number of nitrogens with two attached hydrogens (primary N) is 1. The summed E-state index contributed by atoms with van der Waals surface area (Å²) >= 11 is 4.68. The lowest BCUT2D eigenvalue weighted by Crippen LogP contribution is -2.24. The van der Waals surface area contributed by atoms with Crippen LogP contribution in [0.5, 0.6) is 0 Å². The molecule has 0 bridgehead atoms. The molecule has 1 heterocycles. The van der Waals surface area contributed by atoms with Crippen LogP contribution < -0.4 is 11.2 Å². The number of nitrogens with one attached hydrogen (secondary N) is 1. The molecule has 0 aliphatic heterocycles. The average molecular weight is 259 g/mol. The molecule has 0 saturated carbocycles. The van der Waals surface area contributed by atoms with Crippen molar-refractivity contribution in [1.82, 2.24) is 15.2 Å². The predicted octanol–water partition coefficient (Wildman–Crippen LogP) is 1.10. The number of rotatable bonds is 4. The van der Waals surface area contributed by atoms with Crippen molar-refractivity contribution in [1.29, 1.82) is 0 Å². The van der Waals surface area contributed by atoms with Crippen molar-refractivity contribution in [2.75, 3.05) is 0 Å². The van der Waals surface area contributed by atoms with Crippen molar-refractivity contribution in [3.05, 3.63) is 53.9 Å². The lowest BCUT2D eigenvalue weighted by Gasteiger charge is -2.05. The second kappa shape index (κ2) is 5.92. The summed E-state index contributed by atoms with van der Waals surface area (Å²) in [6.45, 7) is 0.697. The van der Waals surface area contributed by atoms with E-state index in [4.69, 9.17) is 5.73 Å². The van der Waals surface area contributed by atoms with Gasteiger partial charge in [0, 0.05) is 12.4 Å². The number of hydrogen-bond donors (Lipinski definition) is 2. The molecule has 0 fully saturated rings. The normalized spacial score (nSPS) is 10.7. The van der Waals surface area contributed by atoms with Crippen LogP contribution in [0, 0.1) is 0 Å². The summed E-state index contributed by atoms with van der Waals surface area (Å²) in [4.78, 5) is 0. The van der Waals surface area contributed by atoms with Crippen molar-refractivity contribution in [2.45, 2.75) is 6.54 Å². The molecule has 0 unspecified atom stereocenters. The lowest BCUT2D eigenvalue weighted by molar-refractivity contribution is 0.686. The quantitative estimate of drug-likeness (QED) is 0.490. The fourth-order valence-corrected chi connectivity index (χ4v) is 1.59. The smallest absolute Gasteiger partial charge is 0.184 e. The molecule has 1 aromatic heterocycles. The molecule has 0 aliphatic carbocycles. The largest absolute Gasteiger partial charge is 0.375 e. The number of thiocarbonyl (C=S) groups is 1. The SMILES string of the molecule is NC(=S)NN=Cc1ccccc1Cn1cccn1. The summed E-state index contributed by atoms with van der Waals surface area (Å²) in [6.07, 6.45) is 5.37. The van der Waals surface area contributed by atoms with E-state index < -0.39 is 0 Å². The highest BCUT2D eigenvalue weighted by atomic mass is 32.1. The van der Waals surface area contributed by atoms with Gasteiger partial charge in [-0.05, 0) is 29.4 Å². The van der Waals surface area contributed by atoms with Crippen molar-refractivity contribution in [2.24, 2.45) is 10.8 Å². The summed E-state index contributed by atoms with van der Waals surface area (Å²) in [6, 6.07) is 9.84. The standard InChI is InChI=1S/C12H13N5S/c13-12(18)16-14-8-10-4-1-2-5-11(10)9-17-7-3-6-15-17/h1-8H,9H2,(H3,13,16,18). The molecule has 1 aromatic carbocycles. The summed E-state index contributed by atoms with van der Waals surface area (Å²) in [5, 5.41) is 8.29. The molecular weight excluding hydrogens is 246 g/mol. The molecule has 0 radical (unpaired) electrons. The maximum absolute atomic E-state index is 5.30. The van der Waals surface area contributed by atoms with Crippen molar-refractivity contribution in [3.8, 4) is 0 Å². The first-order chi connectivity index (χ1) is 8.75. The van der Waals surface area contributed by atoms with Gasteiger partial charge in [0.15, 0.2) is 5.11 Å². The molecule has 5 nitrogen and oxygen atoms in total. The third-order valence-corrected chi connectivity index (χ3v) is 2.42. The van der Waals surface area contributed by atoms with Crippen LogP contribution in [0.25, 0.3) is 0 Å². The Balaban J connectivity index is 2.15. The number of nitrogens with zero attached hydrogens (tertiary/aromatic N) is 3. The van der Waals surface area contributed by atoms with E-state index in [0.717, 1.165) is 11.1 Å². The van der Waals surface area contributed by atoms with E-state index in [9.17, 15) is 0 Å². The van der Waals surface area contributed by atoms with E-state index in [2.05, 4.69) is 27.8 Å². The van der Waals surface area contributed by atoms with Crippen LogP contribution in [0.3, 0.4) is 0 Å². The Labute approximate surface area is 110 Å². The molecule has 0 amide bonds. The highest BCUT2D eigenvalue weighted by Crippen LogP contribution is 2.07. The van der Waals surface area contributed by atoms with Crippen LogP contribution in [0.2, 0.25) is 0 Å². The molecule has 0 aliphatic rings. The van der Waals surface area contributed by atoms with Crippen molar-refractivity contribution in [3.63, 3.8) is 0 Å². The van der Waals surface area contributed by atoms with Gasteiger partial charge in [-0.25, -0.2) is 0 Å². The van der Waals surface area contributed by atoms with Crippen LogP contribution in [-0.2, 0) is 6.54 Å². The minimum Gasteiger partial charge on any atom is -0.375 e. The molecule has 0 spiro atoms. The monoisotopic (exact) mass is 259 g/mol. The summed E-state index contributed by atoms with van der Waals surface area (Å²) < 4.78 is 1.85. The first kappa shape index (κ1) is 12.3. The van der Waals surface area contributed by atoms with E-state index in [-0.39, 0.29) is 5.11 Å². The van der Waals surface area contributed by atoms with Crippen LogP contribution >= 0.6 is 12.2 Å². The number of hydrogen-bond acceptors (Lipinski definition) is 3. The Morgan fingerprint density at radius 2 is 2.28 bits per heavy atom. The van der Waals surface area contributed by atoms with Gasteiger partial charge in [0.1, 0.15) is 0 Å². The molecule has 18 heavy (non-hydrogen) atoms. The Bertz CT molecular complexity index is 547. The van der Waals surface area contributed by atoms with Crippen molar-refractivity contribution < 1.29 is 0 Å². The van der Waals surface area contributed by atoms with Gasteiger partial charge >= 0.3 is 0 Å². The molecule has 92 valence electrons. The zero-order valence-corrected chi connectivity index (χ0v) is 10.5. The minimum absolute atomic E-state index is 0.149. The highest BCUT2D eigenvalue weighted by Gasteiger charge is 2.00. The number of aromatic nitrogens is 2. The van der Waals surface area contributed by atoms with E-state index in [1.165, 1.54) is 0 Å². The molecular formula is C12H13N5S. The second-order valence-electron chi connectivity index (χ2n) is 3.64. The summed E-state index contributed by atoms with van der Waals surface area (Å²) in [5.41, 5.74) is 9.95. The lowest BCUT2D eigenvalue weighted by atomic mass is 10.1. The van der Waals surface area contributed by atoms with E-state index in [0.29, 0.717) is 6.54 Å². The molecule has 0 atom stereocenters. The Hall–Kier alpha value is -2.21. The van der Waals surface area contributed by atoms with E-state index >= 15 is 0 Å². The Morgan fingerprint density at radius 1 is 1.44 bits per heavy atom. The maximum Gasteiger partial charge on any atom is 0.184 e. The first-order valence-corrected chi connectivity index (χ1v) is 5.80. The fourth-order valence-electron chi connectivity index (χ4n) is 1.54. The predicted molar refractivity (Wildman–Crippen MR) is 75.3 cm³/mol. The Morgan fingerprint density at radius 3 is 3.00 bits per heavy atom. The van der Waals surface area contributed by atoms with Gasteiger partial charge in [-0.3, -0.25) is 10.1 Å². The average Bonchev–Trinajstić information content (AvgIpc) is 2.84. The molecule has 0 saturated heterocycles. The van der Waals surface area contributed by atoms with Crippen LogP contribution in [0.4, 0.5) is 0 Å². The molecule has 2 aromatic rings. The van der Waals surface area contributed by atoms with Gasteiger partial charge in [-0.2, -0.15) is 10.2 Å². The highest BCUT2D eigenvalue weighted by molar-refractivity contribution is 7.80. The van der Waals surface area contributed by atoms with Gasteiger partial charge in [-0.1, -0.05) is 24.3 Å². The van der Waals surface area contributed by atoms with Crippen LogP contribution in [0.15, 0.2) is 47.8 Å². The third-order valence-electron chi connectivity index (χ3n) is 2.33. The van der Waals surface area contributed by atoms with Gasteiger partial charge < -0.3 is 5.73 Å². The van der Waals surface area contributed by atoms with E-state index in [1.807, 2.05) is 41.2 Å². The summed E-state index contributed by atoms with van der Waals surface area (Å²) in [7, 11) is 0. The molecule has 3 N–H and O–H groups in total. The van der Waals surface area contributed by atoms with Gasteiger partial charge in [0.05, 0.1) is 12.8 Å². The third kappa shape index (κ3) is 3.39. The number of hydrazone groups is 1. The fraction of sp³-hybridized carbons (Fsp3) is 0.0833. The van der Waals surface area contributed by atoms with E-state index in [1.54, 1.807) is 12.4 Å². The first-order valence-electron chi connectivity index (χ1n) is 5.39. The zero-order valence-electron chi connectivity index (χ0n) is 9.65. The van der Waals surface area contributed by atoms with Crippen molar-refractivity contribution >= 4 is 23.5 Å². The molecule has 2 rings (SSSR count). The second-order valence-corrected chi connectivity index (χ2v) is 4.08. The van der Waals surface area contributed by atoms with Crippen LogP contribution in [0.1, 0.15) is 11.1 Å². The van der Waals surface area contributed by atoms with Gasteiger partial charge in [0.25, 0.3) is 0 Å². The van der Waals surface area contributed by atoms with Gasteiger partial charge in [0.2, 0.25) is 0 Å². The minimum atomic E-state index is 0.149. The summed E-state index contributed by atoms with van der Waals surface area (Å²) in [5.74, 6) is 0. The van der Waals surface area contributed by atoms with Gasteiger partial charge in [-0.15, -0.1) is 0 Å². The number of benzene rings is 1. The molecule has 6 heteroatoms. The maximum atomic E-state index is 5.30. The topological polar surface area (TPSA) is 68.2 Å². The zero-order chi connectivity index (χ0) is 12.8.